The van der Waals surface area contributed by atoms with Gasteiger partial charge in [-0.15, -0.1) is 0 Å². The van der Waals surface area contributed by atoms with E-state index in [1.807, 2.05) is 0 Å². The molecule has 0 radical (unpaired) electrons. The summed E-state index contributed by atoms with van der Waals surface area (Å²) < 4.78 is 4.83. The first-order chi connectivity index (χ1) is 8.04. The van der Waals surface area contributed by atoms with Gasteiger partial charge in [0.15, 0.2) is 0 Å². The molecule has 0 saturated heterocycles. The topological polar surface area (TPSA) is 81.3 Å². The van der Waals surface area contributed by atoms with Crippen molar-refractivity contribution in [1.29, 1.82) is 0 Å². The van der Waals surface area contributed by atoms with Gasteiger partial charge >= 0.3 is 5.97 Å². The van der Waals surface area contributed by atoms with E-state index in [9.17, 15) is 4.79 Å². The third-order valence-corrected chi connectivity index (χ3v) is 2.16. The molecule has 7 heteroatoms. The molecule has 1 rings (SSSR count). The van der Waals surface area contributed by atoms with Crippen molar-refractivity contribution in [2.75, 3.05) is 25.1 Å². The first-order valence-electron chi connectivity index (χ1n) is 5.03. The molecule has 0 bridgehead atoms. The van der Waals surface area contributed by atoms with Gasteiger partial charge in [0.2, 0.25) is 0 Å². The number of nitrogens with zero attached hydrogens (tertiary/aromatic N) is 3. The molecule has 0 unspecified atom stereocenters. The summed E-state index contributed by atoms with van der Waals surface area (Å²) in [7, 11) is 1.72. The highest BCUT2D eigenvalue weighted by Crippen LogP contribution is 2.06. The number of likely N-dealkylation sites (N-methyl/N-ethyl adjacent to an activating group) is 1. The average molecular weight is 254 g/mol. The molecule has 0 spiro atoms. The van der Waals surface area contributed by atoms with E-state index < -0.39 is 0 Å². The number of thiocarbonyl (C=S) groups is 1. The molecule has 2 N–H and O–H groups in total. The summed E-state index contributed by atoms with van der Waals surface area (Å²) in [4.78, 5) is 21.2. The molecule has 92 valence electrons. The van der Waals surface area contributed by atoms with Gasteiger partial charge in [0, 0.05) is 7.05 Å². The average Bonchev–Trinajstić information content (AvgIpc) is 2.29. The summed E-state index contributed by atoms with van der Waals surface area (Å²) in [6.45, 7) is 2.24. The molecule has 0 atom stereocenters. The van der Waals surface area contributed by atoms with Gasteiger partial charge in [-0.05, 0) is 6.92 Å². The van der Waals surface area contributed by atoms with Crippen molar-refractivity contribution in [3.63, 3.8) is 0 Å². The SMILES string of the molecule is CCOC(=O)CN(C)c1cnc(C(N)=S)cn1. The summed E-state index contributed by atoms with van der Waals surface area (Å²) in [5.41, 5.74) is 5.85. The third kappa shape index (κ3) is 3.95. The van der Waals surface area contributed by atoms with E-state index in [1.165, 1.54) is 12.4 Å². The second-order valence-electron chi connectivity index (χ2n) is 3.29. The number of carbonyl (C=O) groups excluding carboxylic acids is 1. The molecule has 0 aliphatic carbocycles. The second-order valence-corrected chi connectivity index (χ2v) is 3.72. The minimum absolute atomic E-state index is 0.120. The fourth-order valence-electron chi connectivity index (χ4n) is 1.13. The van der Waals surface area contributed by atoms with Crippen LogP contribution < -0.4 is 10.6 Å². The first-order valence-corrected chi connectivity index (χ1v) is 5.44. The molecular formula is C10H14N4O2S. The minimum Gasteiger partial charge on any atom is -0.465 e. The van der Waals surface area contributed by atoms with Crippen LogP contribution in [0.5, 0.6) is 0 Å². The Morgan fingerprint density at radius 3 is 2.71 bits per heavy atom. The molecular weight excluding hydrogens is 240 g/mol. The van der Waals surface area contributed by atoms with E-state index in [2.05, 4.69) is 9.97 Å². The molecule has 0 fully saturated rings. The lowest BCUT2D eigenvalue weighted by Gasteiger charge is -2.16. The number of ether oxygens (including phenoxy) is 1. The Bertz CT molecular complexity index is 407. The van der Waals surface area contributed by atoms with Gasteiger partial charge < -0.3 is 15.4 Å². The largest absolute Gasteiger partial charge is 0.465 e. The third-order valence-electron chi connectivity index (χ3n) is 1.95. The molecule has 0 aromatic carbocycles. The van der Waals surface area contributed by atoms with Crippen LogP contribution in [0.1, 0.15) is 12.6 Å². The number of aromatic nitrogens is 2. The van der Waals surface area contributed by atoms with Crippen LogP contribution in [0.15, 0.2) is 12.4 Å². The molecule has 6 nitrogen and oxygen atoms in total. The van der Waals surface area contributed by atoms with Crippen molar-refractivity contribution < 1.29 is 9.53 Å². The van der Waals surface area contributed by atoms with E-state index in [0.717, 1.165) is 0 Å². The van der Waals surface area contributed by atoms with Crippen molar-refractivity contribution in [2.45, 2.75) is 6.92 Å². The molecule has 0 aliphatic rings. The molecule has 0 saturated carbocycles. The van der Waals surface area contributed by atoms with Crippen LogP contribution in [0.2, 0.25) is 0 Å². The number of carbonyl (C=O) groups is 1. The van der Waals surface area contributed by atoms with Gasteiger partial charge in [-0.2, -0.15) is 0 Å². The highest BCUT2D eigenvalue weighted by atomic mass is 32.1. The van der Waals surface area contributed by atoms with Gasteiger partial charge in [0.1, 0.15) is 23.0 Å². The summed E-state index contributed by atoms with van der Waals surface area (Å²) in [6, 6.07) is 0. The second kappa shape index (κ2) is 6.09. The summed E-state index contributed by atoms with van der Waals surface area (Å²) in [6.07, 6.45) is 2.98. The summed E-state index contributed by atoms with van der Waals surface area (Å²) in [5.74, 6) is 0.244. The number of anilines is 1. The Balaban J connectivity index is 2.66. The minimum atomic E-state index is -0.310. The number of esters is 1. The Morgan fingerprint density at radius 2 is 2.24 bits per heavy atom. The molecule has 0 aliphatic heterocycles. The maximum Gasteiger partial charge on any atom is 0.325 e. The van der Waals surface area contributed by atoms with Gasteiger partial charge in [0.05, 0.1) is 19.0 Å². The monoisotopic (exact) mass is 254 g/mol. The van der Waals surface area contributed by atoms with Gasteiger partial charge in [-0.1, -0.05) is 12.2 Å². The van der Waals surface area contributed by atoms with Crippen LogP contribution in [-0.2, 0) is 9.53 Å². The fraction of sp³-hybridized carbons (Fsp3) is 0.400. The normalized spacial score (nSPS) is 9.76. The predicted molar refractivity (Wildman–Crippen MR) is 67.8 cm³/mol. The fourth-order valence-corrected chi connectivity index (χ4v) is 1.23. The lowest BCUT2D eigenvalue weighted by molar-refractivity contribution is -0.141. The number of hydrogen-bond acceptors (Lipinski definition) is 6. The molecule has 1 heterocycles. The Kier molecular flexibility index (Phi) is 4.77. The van der Waals surface area contributed by atoms with Crippen molar-refractivity contribution in [3.05, 3.63) is 18.1 Å². The van der Waals surface area contributed by atoms with Gasteiger partial charge in [-0.3, -0.25) is 4.79 Å². The maximum atomic E-state index is 11.2. The van der Waals surface area contributed by atoms with Gasteiger partial charge in [0.25, 0.3) is 0 Å². The predicted octanol–water partition coefficient (Wildman–Crippen LogP) is 0.110. The van der Waals surface area contributed by atoms with E-state index in [4.69, 9.17) is 22.7 Å². The molecule has 1 aromatic rings. The van der Waals surface area contributed by atoms with Crippen LogP contribution in [0, 0.1) is 0 Å². The van der Waals surface area contributed by atoms with E-state index in [1.54, 1.807) is 18.9 Å². The van der Waals surface area contributed by atoms with Crippen LogP contribution in [0.4, 0.5) is 5.82 Å². The molecule has 17 heavy (non-hydrogen) atoms. The lowest BCUT2D eigenvalue weighted by Crippen LogP contribution is -2.28. The molecule has 0 amide bonds. The quantitative estimate of drug-likeness (QED) is 0.590. The van der Waals surface area contributed by atoms with E-state index in [0.29, 0.717) is 18.1 Å². The Morgan fingerprint density at radius 1 is 1.53 bits per heavy atom. The number of nitrogens with two attached hydrogens (primary N) is 1. The zero-order chi connectivity index (χ0) is 12.8. The van der Waals surface area contributed by atoms with Crippen LogP contribution >= 0.6 is 12.2 Å². The van der Waals surface area contributed by atoms with Crippen molar-refractivity contribution >= 4 is 29.0 Å². The highest BCUT2D eigenvalue weighted by molar-refractivity contribution is 7.80. The lowest BCUT2D eigenvalue weighted by atomic mass is 10.4. The zero-order valence-electron chi connectivity index (χ0n) is 9.71. The number of rotatable bonds is 5. The summed E-state index contributed by atoms with van der Waals surface area (Å²) >= 11 is 4.76. The van der Waals surface area contributed by atoms with Crippen molar-refractivity contribution in [1.82, 2.24) is 9.97 Å². The zero-order valence-corrected chi connectivity index (χ0v) is 10.5. The van der Waals surface area contributed by atoms with Crippen molar-refractivity contribution in [2.24, 2.45) is 5.73 Å². The maximum absolute atomic E-state index is 11.2. The Labute approximate surface area is 105 Å². The molecule has 1 aromatic heterocycles. The van der Waals surface area contributed by atoms with Gasteiger partial charge in [-0.25, -0.2) is 9.97 Å². The number of hydrogen-bond donors (Lipinski definition) is 1. The standard InChI is InChI=1S/C10H14N4O2S/c1-3-16-9(15)6-14(2)8-5-12-7(4-13-8)10(11)17/h4-5H,3,6H2,1-2H3,(H2,11,17). The first kappa shape index (κ1) is 13.3. The summed E-state index contributed by atoms with van der Waals surface area (Å²) in [5, 5.41) is 0. The van der Waals surface area contributed by atoms with Crippen LogP contribution in [-0.4, -0.2) is 41.1 Å². The van der Waals surface area contributed by atoms with Crippen LogP contribution in [0.25, 0.3) is 0 Å². The van der Waals surface area contributed by atoms with E-state index in [-0.39, 0.29) is 17.5 Å². The van der Waals surface area contributed by atoms with Crippen LogP contribution in [0.3, 0.4) is 0 Å². The smallest absolute Gasteiger partial charge is 0.325 e. The Hall–Kier alpha value is -1.76. The van der Waals surface area contributed by atoms with E-state index >= 15 is 0 Å². The highest BCUT2D eigenvalue weighted by Gasteiger charge is 2.09. The van der Waals surface area contributed by atoms with Crippen molar-refractivity contribution in [3.8, 4) is 0 Å².